The van der Waals surface area contributed by atoms with Crippen LogP contribution in [0.15, 0.2) is 41.3 Å². The number of sulfonamides is 1. The monoisotopic (exact) mass is 459 g/mol. The Labute approximate surface area is 178 Å². The zero-order chi connectivity index (χ0) is 21.3. The smallest absolute Gasteiger partial charge is 0.271 e. The summed E-state index contributed by atoms with van der Waals surface area (Å²) in [6.07, 6.45) is 0. The van der Waals surface area contributed by atoms with E-state index in [1.54, 1.807) is 6.07 Å². The zero-order valence-corrected chi connectivity index (χ0v) is 18.0. The van der Waals surface area contributed by atoms with Crippen molar-refractivity contribution in [3.05, 3.63) is 56.6 Å². The Kier molecular flexibility index (Phi) is 6.35. The quantitative estimate of drug-likeness (QED) is 0.533. The van der Waals surface area contributed by atoms with Gasteiger partial charge in [0.1, 0.15) is 16.4 Å². The van der Waals surface area contributed by atoms with E-state index in [-0.39, 0.29) is 52.3 Å². The van der Waals surface area contributed by atoms with Gasteiger partial charge in [0.15, 0.2) is 0 Å². The van der Waals surface area contributed by atoms with Crippen LogP contribution in [0.1, 0.15) is 13.8 Å². The molecule has 1 fully saturated rings. The van der Waals surface area contributed by atoms with Crippen LogP contribution >= 0.6 is 23.2 Å². The zero-order valence-electron chi connectivity index (χ0n) is 15.6. The summed E-state index contributed by atoms with van der Waals surface area (Å²) >= 11 is 12.1. The van der Waals surface area contributed by atoms with Crippen LogP contribution in [-0.2, 0) is 10.0 Å². The molecule has 0 radical (unpaired) electrons. The van der Waals surface area contributed by atoms with Gasteiger partial charge in [0.05, 0.1) is 9.95 Å². The number of ether oxygens (including phenoxy) is 1. The van der Waals surface area contributed by atoms with Crippen LogP contribution < -0.4 is 10.1 Å². The number of nitrogens with zero attached hydrogens (tertiary/aromatic N) is 2. The van der Waals surface area contributed by atoms with Gasteiger partial charge in [0.25, 0.3) is 5.69 Å². The van der Waals surface area contributed by atoms with E-state index in [0.29, 0.717) is 5.02 Å². The lowest BCUT2D eigenvalue weighted by atomic mass is 10.2. The summed E-state index contributed by atoms with van der Waals surface area (Å²) in [7, 11) is -4.07. The highest BCUT2D eigenvalue weighted by molar-refractivity contribution is 7.89. The minimum absolute atomic E-state index is 0.0704. The number of nitro benzene ring substituents is 1. The molecule has 0 saturated carbocycles. The van der Waals surface area contributed by atoms with Gasteiger partial charge in [0.2, 0.25) is 10.0 Å². The first kappa shape index (κ1) is 21.8. The molecule has 0 spiro atoms. The van der Waals surface area contributed by atoms with Crippen molar-refractivity contribution in [2.75, 3.05) is 13.1 Å². The Morgan fingerprint density at radius 2 is 1.76 bits per heavy atom. The van der Waals surface area contributed by atoms with Crippen molar-refractivity contribution in [3.8, 4) is 11.5 Å². The normalized spacial score (nSPS) is 20.4. The maximum absolute atomic E-state index is 13.4. The molecule has 8 nitrogen and oxygen atoms in total. The Morgan fingerprint density at radius 1 is 1.10 bits per heavy atom. The van der Waals surface area contributed by atoms with Crippen LogP contribution in [0.5, 0.6) is 11.5 Å². The summed E-state index contributed by atoms with van der Waals surface area (Å²) in [5, 5.41) is 15.1. The number of hydrogen-bond donors (Lipinski definition) is 1. The van der Waals surface area contributed by atoms with Crippen molar-refractivity contribution in [2.24, 2.45) is 0 Å². The van der Waals surface area contributed by atoms with Crippen molar-refractivity contribution < 1.29 is 18.1 Å². The molecule has 0 amide bonds. The Morgan fingerprint density at radius 3 is 2.38 bits per heavy atom. The van der Waals surface area contributed by atoms with Gasteiger partial charge in [0, 0.05) is 48.4 Å². The van der Waals surface area contributed by atoms with E-state index in [1.165, 1.54) is 28.6 Å². The van der Waals surface area contributed by atoms with Crippen molar-refractivity contribution in [2.45, 2.75) is 30.8 Å². The van der Waals surface area contributed by atoms with Crippen molar-refractivity contribution in [3.63, 3.8) is 0 Å². The number of piperazine rings is 1. The van der Waals surface area contributed by atoms with Gasteiger partial charge >= 0.3 is 0 Å². The molecule has 2 unspecified atom stereocenters. The number of halogens is 2. The first-order chi connectivity index (χ1) is 13.6. The second-order valence-corrected chi connectivity index (χ2v) is 9.61. The van der Waals surface area contributed by atoms with Gasteiger partial charge in [-0.25, -0.2) is 8.42 Å². The summed E-state index contributed by atoms with van der Waals surface area (Å²) in [6, 6.07) is 7.80. The average Bonchev–Trinajstić information content (AvgIpc) is 2.64. The van der Waals surface area contributed by atoms with Crippen LogP contribution in [0, 0.1) is 10.1 Å². The van der Waals surface area contributed by atoms with Gasteiger partial charge in [-0.15, -0.1) is 0 Å². The highest BCUT2D eigenvalue weighted by Gasteiger charge is 2.34. The topological polar surface area (TPSA) is 102 Å². The number of nitrogens with one attached hydrogen (secondary N) is 1. The van der Waals surface area contributed by atoms with Crippen LogP contribution in [0.2, 0.25) is 10.0 Å². The second-order valence-electron chi connectivity index (χ2n) is 6.86. The Hall–Kier alpha value is -1.91. The summed E-state index contributed by atoms with van der Waals surface area (Å²) < 4.78 is 33.7. The second kappa shape index (κ2) is 8.45. The van der Waals surface area contributed by atoms with Crippen LogP contribution in [0.4, 0.5) is 5.69 Å². The number of hydrogen-bond acceptors (Lipinski definition) is 6. The van der Waals surface area contributed by atoms with E-state index in [4.69, 9.17) is 27.9 Å². The molecule has 1 heterocycles. The number of non-ortho nitro benzene ring substituents is 1. The van der Waals surface area contributed by atoms with E-state index in [9.17, 15) is 18.5 Å². The van der Waals surface area contributed by atoms with Crippen molar-refractivity contribution in [1.29, 1.82) is 0 Å². The molecular formula is C18H19Cl2N3O5S. The molecule has 1 saturated heterocycles. The SMILES string of the molecule is CC1CN(S(=O)(=O)c2cc([N+](=O)[O-])ccc2Oc2cc(Cl)ccc2Cl)CC(C)N1. The fraction of sp³-hybridized carbons (Fsp3) is 0.333. The molecule has 0 bridgehead atoms. The Balaban J connectivity index is 2.09. The van der Waals surface area contributed by atoms with Gasteiger partial charge in [-0.1, -0.05) is 23.2 Å². The fourth-order valence-corrected chi connectivity index (χ4v) is 5.25. The minimum Gasteiger partial charge on any atom is -0.454 e. The molecule has 1 aliphatic heterocycles. The summed E-state index contributed by atoms with van der Waals surface area (Å²) in [4.78, 5) is 10.3. The van der Waals surface area contributed by atoms with Crippen LogP contribution in [0.25, 0.3) is 0 Å². The summed E-state index contributed by atoms with van der Waals surface area (Å²) in [5.74, 6) is 0.0742. The molecule has 11 heteroatoms. The first-order valence-electron chi connectivity index (χ1n) is 8.75. The largest absolute Gasteiger partial charge is 0.454 e. The standard InChI is InChI=1S/C18H19Cl2N3O5S/c1-11-9-22(10-12(2)21-11)29(26,27)18-8-14(23(24)25)4-6-16(18)28-17-7-13(19)3-5-15(17)20/h3-8,11-12,21H,9-10H2,1-2H3. The van der Waals surface area contributed by atoms with Gasteiger partial charge in [-0.05, 0) is 32.0 Å². The molecule has 0 aliphatic carbocycles. The highest BCUT2D eigenvalue weighted by atomic mass is 35.5. The van der Waals surface area contributed by atoms with E-state index >= 15 is 0 Å². The van der Waals surface area contributed by atoms with Crippen molar-refractivity contribution >= 4 is 38.9 Å². The molecular weight excluding hydrogens is 441 g/mol. The van der Waals surface area contributed by atoms with Crippen LogP contribution in [-0.4, -0.2) is 42.8 Å². The molecule has 29 heavy (non-hydrogen) atoms. The summed E-state index contributed by atoms with van der Waals surface area (Å²) in [6.45, 7) is 4.20. The highest BCUT2D eigenvalue weighted by Crippen LogP contribution is 2.37. The maximum atomic E-state index is 13.4. The third kappa shape index (κ3) is 4.81. The lowest BCUT2D eigenvalue weighted by Crippen LogP contribution is -2.55. The third-order valence-corrected chi connectivity index (χ3v) is 6.79. The maximum Gasteiger partial charge on any atom is 0.271 e. The molecule has 1 aliphatic rings. The molecule has 2 atom stereocenters. The minimum atomic E-state index is -4.07. The van der Waals surface area contributed by atoms with E-state index in [0.717, 1.165) is 6.07 Å². The third-order valence-electron chi connectivity index (χ3n) is 4.39. The summed E-state index contributed by atoms with van der Waals surface area (Å²) in [5.41, 5.74) is -0.357. The average molecular weight is 460 g/mol. The predicted octanol–water partition coefficient (Wildman–Crippen LogP) is 4.06. The molecule has 0 aromatic heterocycles. The molecule has 1 N–H and O–H groups in total. The van der Waals surface area contributed by atoms with E-state index in [1.807, 2.05) is 13.8 Å². The molecule has 156 valence electrons. The predicted molar refractivity (Wildman–Crippen MR) is 110 cm³/mol. The fourth-order valence-electron chi connectivity index (χ4n) is 3.18. The number of benzene rings is 2. The lowest BCUT2D eigenvalue weighted by molar-refractivity contribution is -0.385. The first-order valence-corrected chi connectivity index (χ1v) is 10.9. The van der Waals surface area contributed by atoms with Gasteiger partial charge in [-0.3, -0.25) is 10.1 Å². The molecule has 2 aromatic carbocycles. The van der Waals surface area contributed by atoms with E-state index < -0.39 is 14.9 Å². The Bertz CT molecular complexity index is 1040. The molecule has 2 aromatic rings. The number of nitro groups is 1. The van der Waals surface area contributed by atoms with Crippen molar-refractivity contribution in [1.82, 2.24) is 9.62 Å². The van der Waals surface area contributed by atoms with E-state index in [2.05, 4.69) is 5.32 Å². The van der Waals surface area contributed by atoms with Gasteiger partial charge < -0.3 is 10.1 Å². The lowest BCUT2D eigenvalue weighted by Gasteiger charge is -2.35. The van der Waals surface area contributed by atoms with Crippen LogP contribution in [0.3, 0.4) is 0 Å². The molecule has 3 rings (SSSR count). The van der Waals surface area contributed by atoms with Gasteiger partial charge in [-0.2, -0.15) is 4.31 Å². The number of rotatable bonds is 5.